The maximum atomic E-state index is 12.6. The number of aromatic nitrogens is 1. The van der Waals surface area contributed by atoms with Gasteiger partial charge in [0.25, 0.3) is 5.56 Å². The van der Waals surface area contributed by atoms with Crippen LogP contribution in [-0.4, -0.2) is 29.4 Å². The van der Waals surface area contributed by atoms with E-state index in [4.69, 9.17) is 9.47 Å². The number of hydrogen-bond donors (Lipinski definition) is 1. The minimum atomic E-state index is -0.800. The number of nitrogens with zero attached hydrogens (tertiary/aromatic N) is 2. The number of rotatable bonds is 4. The zero-order valence-electron chi connectivity index (χ0n) is 16.0. The molecule has 1 amide bonds. The van der Waals surface area contributed by atoms with Gasteiger partial charge in [0.2, 0.25) is 0 Å². The molecule has 0 atom stereocenters. The normalized spacial score (nSPS) is 14.5. The van der Waals surface area contributed by atoms with Gasteiger partial charge in [0, 0.05) is 29.9 Å². The maximum absolute atomic E-state index is 12.6. The molecule has 0 fully saturated rings. The molecule has 2 aromatic rings. The van der Waals surface area contributed by atoms with Crippen molar-refractivity contribution in [3.05, 3.63) is 69.6 Å². The van der Waals surface area contributed by atoms with Crippen LogP contribution in [0.4, 0.5) is 4.79 Å². The van der Waals surface area contributed by atoms with Crippen LogP contribution in [0.2, 0.25) is 0 Å². The largest absolute Gasteiger partial charge is 0.483 e. The molecule has 0 spiro atoms. The zero-order valence-corrected chi connectivity index (χ0v) is 16.0. The average Bonchev–Trinajstić information content (AvgIpc) is 2.66. The summed E-state index contributed by atoms with van der Waals surface area (Å²) < 4.78 is 12.6. The predicted molar refractivity (Wildman–Crippen MR) is 104 cm³/mol. The third-order valence-electron chi connectivity index (χ3n) is 4.49. The Balaban J connectivity index is 2.24. The second kappa shape index (κ2) is 7.61. The van der Waals surface area contributed by atoms with Gasteiger partial charge in [0.1, 0.15) is 11.4 Å². The van der Waals surface area contributed by atoms with Crippen molar-refractivity contribution in [3.63, 3.8) is 0 Å². The van der Waals surface area contributed by atoms with Crippen molar-refractivity contribution in [2.45, 2.75) is 26.4 Å². The highest BCUT2D eigenvalue weighted by molar-refractivity contribution is 5.78. The van der Waals surface area contributed by atoms with E-state index in [1.165, 1.54) is 10.6 Å². The number of hydrogen-bond acceptors (Lipinski definition) is 5. The summed E-state index contributed by atoms with van der Waals surface area (Å²) in [5, 5.41) is 12.0. The van der Waals surface area contributed by atoms with E-state index < -0.39 is 11.7 Å². The van der Waals surface area contributed by atoms with E-state index >= 15 is 0 Å². The molecule has 1 N–H and O–H groups in total. The van der Waals surface area contributed by atoms with Gasteiger partial charge in [-0.2, -0.15) is 5.26 Å². The number of nitrogens with one attached hydrogen (secondary N) is 1. The smallest absolute Gasteiger partial charge is 0.407 e. The van der Waals surface area contributed by atoms with Crippen LogP contribution >= 0.6 is 0 Å². The molecule has 0 bridgehead atoms. The molecule has 2 heterocycles. The fourth-order valence-corrected chi connectivity index (χ4v) is 3.18. The highest BCUT2D eigenvalue weighted by atomic mass is 16.5. The third-order valence-corrected chi connectivity index (χ3v) is 4.49. The van der Waals surface area contributed by atoms with Crippen molar-refractivity contribution in [1.82, 2.24) is 9.88 Å². The van der Waals surface area contributed by atoms with Crippen LogP contribution in [0.1, 0.15) is 31.9 Å². The molecular formula is C21H21N3O4. The van der Waals surface area contributed by atoms with Gasteiger partial charge in [0.15, 0.2) is 0 Å². The Kier molecular flexibility index (Phi) is 5.23. The topological polar surface area (TPSA) is 93.4 Å². The van der Waals surface area contributed by atoms with E-state index in [9.17, 15) is 14.9 Å². The molecule has 0 aliphatic carbocycles. The summed E-state index contributed by atoms with van der Waals surface area (Å²) in [6, 6.07) is 12.1. The van der Waals surface area contributed by atoms with Crippen molar-refractivity contribution in [3.8, 4) is 11.8 Å². The van der Waals surface area contributed by atoms with E-state index in [0.717, 1.165) is 0 Å². The van der Waals surface area contributed by atoms with Crippen molar-refractivity contribution >= 4 is 11.8 Å². The van der Waals surface area contributed by atoms with Gasteiger partial charge in [-0.15, -0.1) is 0 Å². The van der Waals surface area contributed by atoms with Crippen molar-refractivity contribution in [2.24, 2.45) is 0 Å². The molecule has 0 saturated carbocycles. The Bertz CT molecular complexity index is 1040. The molecule has 0 radical (unpaired) electrons. The fraction of sp³-hybridized carbons (Fsp3) is 0.286. The number of nitriles is 1. The van der Waals surface area contributed by atoms with Gasteiger partial charge in [-0.3, -0.25) is 9.36 Å². The number of pyridine rings is 1. The standard InChI is InChI=1S/C21H21N3O4/c1-4-27-20(26)23-13-16-19(24-10-6-5-7-18(24)25)15-11-14(12-22)8-9-17(15)28-21(16,2)3/h5-11H,4,13H2,1-3H3,(H,23,26). The summed E-state index contributed by atoms with van der Waals surface area (Å²) in [4.78, 5) is 24.4. The number of carbonyl (C=O) groups excluding carboxylic acids is 1. The number of fused-ring (bicyclic) bond motifs is 1. The molecule has 1 aliphatic heterocycles. The molecule has 7 nitrogen and oxygen atoms in total. The maximum Gasteiger partial charge on any atom is 0.407 e. The van der Waals surface area contributed by atoms with Crippen LogP contribution < -0.4 is 15.6 Å². The Morgan fingerprint density at radius 1 is 1.32 bits per heavy atom. The molecule has 144 valence electrons. The first-order chi connectivity index (χ1) is 13.4. The molecule has 28 heavy (non-hydrogen) atoms. The van der Waals surface area contributed by atoms with E-state index in [1.807, 2.05) is 13.8 Å². The average molecular weight is 379 g/mol. The second-order valence-electron chi connectivity index (χ2n) is 6.75. The van der Waals surface area contributed by atoms with E-state index in [-0.39, 0.29) is 18.7 Å². The van der Waals surface area contributed by atoms with Gasteiger partial charge < -0.3 is 14.8 Å². The molecule has 0 saturated heterocycles. The van der Waals surface area contributed by atoms with Crippen molar-refractivity contribution in [2.75, 3.05) is 13.2 Å². The van der Waals surface area contributed by atoms with Gasteiger partial charge in [0.05, 0.1) is 23.9 Å². The Morgan fingerprint density at radius 3 is 2.79 bits per heavy atom. The third kappa shape index (κ3) is 3.62. The van der Waals surface area contributed by atoms with Crippen LogP contribution in [0, 0.1) is 11.3 Å². The van der Waals surface area contributed by atoms with Crippen LogP contribution in [0.5, 0.6) is 5.75 Å². The summed E-state index contributed by atoms with van der Waals surface area (Å²) in [5.41, 5.74) is 1.32. The summed E-state index contributed by atoms with van der Waals surface area (Å²) in [7, 11) is 0. The van der Waals surface area contributed by atoms with Gasteiger partial charge in [-0.1, -0.05) is 6.07 Å². The highest BCUT2D eigenvalue weighted by Gasteiger charge is 2.36. The van der Waals surface area contributed by atoms with Crippen molar-refractivity contribution < 1.29 is 14.3 Å². The van der Waals surface area contributed by atoms with Gasteiger partial charge >= 0.3 is 6.09 Å². The second-order valence-corrected chi connectivity index (χ2v) is 6.75. The first-order valence-corrected chi connectivity index (χ1v) is 8.93. The zero-order chi connectivity index (χ0) is 20.3. The Labute approximate surface area is 162 Å². The molecular weight excluding hydrogens is 358 g/mol. The van der Waals surface area contributed by atoms with Crippen molar-refractivity contribution in [1.29, 1.82) is 5.26 Å². The quantitative estimate of drug-likeness (QED) is 0.882. The van der Waals surface area contributed by atoms with Crippen LogP contribution in [0.15, 0.2) is 53.0 Å². The number of benzene rings is 1. The molecule has 1 aromatic carbocycles. The summed E-state index contributed by atoms with van der Waals surface area (Å²) in [6.45, 7) is 5.83. The SMILES string of the molecule is CCOC(=O)NCC1=C(n2ccccc2=O)c2cc(C#N)ccc2OC1(C)C. The summed E-state index contributed by atoms with van der Waals surface area (Å²) in [5.74, 6) is 0.564. The van der Waals surface area contributed by atoms with Gasteiger partial charge in [-0.25, -0.2) is 4.79 Å². The van der Waals surface area contributed by atoms with E-state index in [0.29, 0.717) is 28.1 Å². The first-order valence-electron chi connectivity index (χ1n) is 8.93. The number of carbonyl (C=O) groups is 1. The number of amides is 1. The highest BCUT2D eigenvalue weighted by Crippen LogP contribution is 2.41. The molecule has 3 rings (SSSR count). The summed E-state index contributed by atoms with van der Waals surface area (Å²) in [6.07, 6.45) is 1.11. The number of ether oxygens (including phenoxy) is 2. The Morgan fingerprint density at radius 2 is 2.11 bits per heavy atom. The lowest BCUT2D eigenvalue weighted by molar-refractivity contribution is 0.135. The summed E-state index contributed by atoms with van der Waals surface area (Å²) >= 11 is 0. The van der Waals surface area contributed by atoms with Crippen LogP contribution in [-0.2, 0) is 4.74 Å². The monoisotopic (exact) mass is 379 g/mol. The van der Waals surface area contributed by atoms with Crippen LogP contribution in [0.25, 0.3) is 5.70 Å². The minimum absolute atomic E-state index is 0.124. The molecule has 1 aromatic heterocycles. The van der Waals surface area contributed by atoms with Crippen LogP contribution in [0.3, 0.4) is 0 Å². The first kappa shape index (κ1) is 19.2. The Hall–Kier alpha value is -3.53. The fourth-order valence-electron chi connectivity index (χ4n) is 3.18. The lowest BCUT2D eigenvalue weighted by Gasteiger charge is -2.37. The minimum Gasteiger partial charge on any atom is -0.483 e. The van der Waals surface area contributed by atoms with E-state index in [2.05, 4.69) is 11.4 Å². The van der Waals surface area contributed by atoms with Gasteiger partial charge in [-0.05, 0) is 45.0 Å². The molecule has 7 heteroatoms. The van der Waals surface area contributed by atoms with E-state index in [1.54, 1.807) is 43.5 Å². The lowest BCUT2D eigenvalue weighted by atomic mass is 9.88. The predicted octanol–water partition coefficient (Wildman–Crippen LogP) is 2.90. The lowest BCUT2D eigenvalue weighted by Crippen LogP contribution is -2.42. The molecule has 0 unspecified atom stereocenters. The number of alkyl carbamates (subject to hydrolysis) is 1. The molecule has 1 aliphatic rings.